The monoisotopic (exact) mass is 483 g/mol. The van der Waals surface area contributed by atoms with Crippen molar-refractivity contribution in [3.8, 4) is 5.75 Å². The summed E-state index contributed by atoms with van der Waals surface area (Å²) in [6.07, 6.45) is 4.51. The van der Waals surface area contributed by atoms with Crippen LogP contribution in [0.1, 0.15) is 53.0 Å². The number of aryl methyl sites for hydroxylation is 2. The topological polar surface area (TPSA) is 21.3 Å². The van der Waals surface area contributed by atoms with Crippen molar-refractivity contribution >= 4 is 9.24 Å². The van der Waals surface area contributed by atoms with E-state index in [1.807, 2.05) is 12.1 Å². The van der Waals surface area contributed by atoms with Crippen LogP contribution >= 0.6 is 9.24 Å². The van der Waals surface area contributed by atoms with Crippen LogP contribution < -0.4 is 10.1 Å². The van der Waals surface area contributed by atoms with Crippen LogP contribution in [0.15, 0.2) is 60.7 Å². The largest absolute Gasteiger partial charge is 0.494 e. The zero-order valence-electron chi connectivity index (χ0n) is 20.2. The van der Waals surface area contributed by atoms with Crippen molar-refractivity contribution in [3.05, 3.63) is 100 Å². The Balaban J connectivity index is 1.57. The van der Waals surface area contributed by atoms with Crippen LogP contribution in [0.2, 0.25) is 0 Å². The molecule has 34 heavy (non-hydrogen) atoms. The molecule has 0 radical (unpaired) electrons. The molecule has 2 nitrogen and oxygen atoms in total. The number of nitrogens with one attached hydrogen (secondary N) is 1. The van der Waals surface area contributed by atoms with E-state index in [-0.39, 0.29) is 5.92 Å². The molecule has 2 atom stereocenters. The number of rotatable bonds is 13. The zero-order valence-corrected chi connectivity index (χ0v) is 21.4. The van der Waals surface area contributed by atoms with E-state index in [1.54, 1.807) is 6.07 Å². The van der Waals surface area contributed by atoms with Crippen LogP contribution in [0.5, 0.6) is 5.75 Å². The number of halogens is 2. The summed E-state index contributed by atoms with van der Waals surface area (Å²) in [6.45, 7) is 6.60. The molecule has 182 valence electrons. The first-order chi connectivity index (χ1) is 16.5. The van der Waals surface area contributed by atoms with Crippen LogP contribution in [-0.4, -0.2) is 19.3 Å². The molecule has 1 N–H and O–H groups in total. The molecule has 0 fully saturated rings. The Morgan fingerprint density at radius 3 is 2.35 bits per heavy atom. The van der Waals surface area contributed by atoms with Gasteiger partial charge in [-0.05, 0) is 104 Å². The average Bonchev–Trinajstić information content (AvgIpc) is 2.82. The summed E-state index contributed by atoms with van der Waals surface area (Å²) < 4.78 is 34.1. The maximum Gasteiger partial charge on any atom is 0.129 e. The Morgan fingerprint density at radius 2 is 1.65 bits per heavy atom. The minimum atomic E-state index is -0.544. The fraction of sp³-hybridized carbons (Fsp3) is 0.379. The second-order valence-corrected chi connectivity index (χ2v) is 9.52. The van der Waals surface area contributed by atoms with E-state index in [2.05, 4.69) is 58.7 Å². The molecule has 0 amide bonds. The number of ether oxygens (including phenoxy) is 1. The second kappa shape index (κ2) is 13.6. The average molecular weight is 484 g/mol. The van der Waals surface area contributed by atoms with E-state index in [9.17, 15) is 8.78 Å². The van der Waals surface area contributed by atoms with Gasteiger partial charge in [-0.2, -0.15) is 0 Å². The van der Waals surface area contributed by atoms with Crippen molar-refractivity contribution in [2.75, 3.05) is 19.3 Å². The van der Waals surface area contributed by atoms with Gasteiger partial charge in [0.05, 0.1) is 6.61 Å². The van der Waals surface area contributed by atoms with E-state index in [1.165, 1.54) is 28.3 Å². The van der Waals surface area contributed by atoms with Crippen LogP contribution in [0.25, 0.3) is 0 Å². The van der Waals surface area contributed by atoms with Crippen LogP contribution in [0, 0.1) is 25.5 Å². The quantitative estimate of drug-likeness (QED) is 0.206. The van der Waals surface area contributed by atoms with Gasteiger partial charge in [-0.1, -0.05) is 36.4 Å². The molecule has 3 rings (SSSR count). The Kier molecular flexibility index (Phi) is 10.5. The minimum absolute atomic E-state index is 0.0405. The lowest BCUT2D eigenvalue weighted by molar-refractivity contribution is 0.300. The zero-order chi connectivity index (χ0) is 24.3. The van der Waals surface area contributed by atoms with Crippen molar-refractivity contribution in [2.45, 2.75) is 52.0 Å². The first kappa shape index (κ1) is 26.3. The highest BCUT2D eigenvalue weighted by Crippen LogP contribution is 2.29. The van der Waals surface area contributed by atoms with E-state index >= 15 is 0 Å². The highest BCUT2D eigenvalue weighted by Gasteiger charge is 2.17. The molecule has 0 spiro atoms. The van der Waals surface area contributed by atoms with E-state index in [4.69, 9.17) is 4.74 Å². The molecule has 0 aliphatic heterocycles. The second-order valence-electron chi connectivity index (χ2n) is 8.94. The third-order valence-electron chi connectivity index (χ3n) is 6.23. The first-order valence-corrected chi connectivity index (χ1v) is 12.9. The predicted octanol–water partition coefficient (Wildman–Crippen LogP) is 7.12. The molecule has 0 saturated heterocycles. The molecule has 0 aromatic heterocycles. The molecule has 0 heterocycles. The van der Waals surface area contributed by atoms with Gasteiger partial charge in [0.15, 0.2) is 0 Å². The summed E-state index contributed by atoms with van der Waals surface area (Å²) in [6, 6.07) is 18.5. The van der Waals surface area contributed by atoms with Crippen LogP contribution in [0.4, 0.5) is 8.78 Å². The van der Waals surface area contributed by atoms with Crippen molar-refractivity contribution in [1.29, 1.82) is 0 Å². The summed E-state index contributed by atoms with van der Waals surface area (Å²) >= 11 is 0. The lowest BCUT2D eigenvalue weighted by Crippen LogP contribution is -2.14. The number of benzene rings is 3. The van der Waals surface area contributed by atoms with Crippen molar-refractivity contribution < 1.29 is 13.5 Å². The van der Waals surface area contributed by atoms with Crippen molar-refractivity contribution in [2.24, 2.45) is 0 Å². The molecule has 3 aromatic rings. The normalized spacial score (nSPS) is 12.0. The summed E-state index contributed by atoms with van der Waals surface area (Å²) in [4.78, 5) is 0. The first-order valence-electron chi connectivity index (χ1n) is 12.1. The third-order valence-corrected chi connectivity index (χ3v) is 6.64. The van der Waals surface area contributed by atoms with Gasteiger partial charge in [-0.15, -0.1) is 9.24 Å². The molecule has 0 saturated carbocycles. The standard InChI is InChI=1S/C29H36F2NOP/c1-21-6-7-24(17-22(21)2)18-25(28-13-10-26(30)19-29(28)31)5-3-15-33-27-11-8-23(9-12-27)20-32-14-4-16-34/h6-13,17,19,25,32H,3-5,14-16,18,20,34H2,1-2H3. The maximum atomic E-state index is 14.6. The fourth-order valence-electron chi connectivity index (χ4n) is 4.10. The third kappa shape index (κ3) is 8.18. The molecule has 0 aliphatic rings. The van der Waals surface area contributed by atoms with Gasteiger partial charge >= 0.3 is 0 Å². The Morgan fingerprint density at radius 1 is 0.882 bits per heavy atom. The summed E-state index contributed by atoms with van der Waals surface area (Å²) in [7, 11) is 2.74. The number of hydrogen-bond acceptors (Lipinski definition) is 2. The van der Waals surface area contributed by atoms with Crippen LogP contribution in [0.3, 0.4) is 0 Å². The highest BCUT2D eigenvalue weighted by molar-refractivity contribution is 7.16. The van der Waals surface area contributed by atoms with Gasteiger partial charge < -0.3 is 10.1 Å². The van der Waals surface area contributed by atoms with Gasteiger partial charge in [0.25, 0.3) is 0 Å². The minimum Gasteiger partial charge on any atom is -0.494 e. The smallest absolute Gasteiger partial charge is 0.129 e. The van der Waals surface area contributed by atoms with E-state index in [0.29, 0.717) is 18.6 Å². The Labute approximate surface area is 205 Å². The summed E-state index contributed by atoms with van der Waals surface area (Å²) in [5, 5.41) is 3.43. The molecule has 0 bridgehead atoms. The molecular formula is C29H36F2NOP. The van der Waals surface area contributed by atoms with Gasteiger partial charge in [0.1, 0.15) is 17.4 Å². The predicted molar refractivity (Wildman–Crippen MR) is 141 cm³/mol. The maximum absolute atomic E-state index is 14.6. The van der Waals surface area contributed by atoms with Gasteiger partial charge in [-0.25, -0.2) is 8.78 Å². The molecule has 3 aromatic carbocycles. The van der Waals surface area contributed by atoms with Gasteiger partial charge in [0, 0.05) is 12.6 Å². The Bertz CT molecular complexity index is 1040. The lowest BCUT2D eigenvalue weighted by Gasteiger charge is -2.19. The van der Waals surface area contributed by atoms with Gasteiger partial charge in [-0.3, -0.25) is 0 Å². The van der Waals surface area contributed by atoms with Crippen molar-refractivity contribution in [1.82, 2.24) is 5.32 Å². The van der Waals surface area contributed by atoms with E-state index < -0.39 is 11.6 Å². The molecule has 0 aliphatic carbocycles. The fourth-order valence-corrected chi connectivity index (χ4v) is 4.30. The highest BCUT2D eigenvalue weighted by atomic mass is 31.0. The Hall–Kier alpha value is -2.29. The SMILES string of the molecule is Cc1ccc(CC(CCCOc2ccc(CNCCCP)cc2)c2ccc(F)cc2F)cc1C. The van der Waals surface area contributed by atoms with Crippen LogP contribution in [-0.2, 0) is 13.0 Å². The number of hydrogen-bond donors (Lipinski definition) is 1. The molecular weight excluding hydrogens is 447 g/mol. The van der Waals surface area contributed by atoms with Crippen molar-refractivity contribution in [3.63, 3.8) is 0 Å². The molecule has 5 heteroatoms. The summed E-state index contributed by atoms with van der Waals surface area (Å²) in [5.41, 5.74) is 5.43. The lowest BCUT2D eigenvalue weighted by atomic mass is 9.87. The van der Waals surface area contributed by atoms with Gasteiger partial charge in [0.2, 0.25) is 0 Å². The summed E-state index contributed by atoms with van der Waals surface area (Å²) in [5.74, 6) is -0.220. The van der Waals surface area contributed by atoms with E-state index in [0.717, 1.165) is 50.3 Å². The molecule has 2 unspecified atom stereocenters.